The van der Waals surface area contributed by atoms with Gasteiger partial charge in [-0.25, -0.2) is 4.98 Å². The minimum Gasteiger partial charge on any atom is -0.481 e. The molecular weight excluding hydrogens is 174 g/mol. The van der Waals surface area contributed by atoms with E-state index in [1.165, 1.54) is 0 Å². The standard InChI is InChI=1S/C12H11NO/c1-14-12-11(8-5-9-13-12)10-6-3-2-4-7-10/h2-9H,1H3. The highest BCUT2D eigenvalue weighted by molar-refractivity contribution is 5.68. The Balaban J connectivity index is 2.51. The highest BCUT2D eigenvalue weighted by atomic mass is 16.5. The number of aromatic nitrogens is 1. The molecule has 70 valence electrons. The van der Waals surface area contributed by atoms with E-state index in [4.69, 9.17) is 4.74 Å². The Morgan fingerprint density at radius 1 is 1.00 bits per heavy atom. The predicted molar refractivity (Wildman–Crippen MR) is 56.2 cm³/mol. The molecule has 2 rings (SSSR count). The van der Waals surface area contributed by atoms with E-state index in [9.17, 15) is 0 Å². The van der Waals surface area contributed by atoms with Crippen LogP contribution in [0, 0.1) is 0 Å². The third kappa shape index (κ3) is 1.59. The second kappa shape index (κ2) is 3.92. The van der Waals surface area contributed by atoms with Crippen molar-refractivity contribution in [2.45, 2.75) is 0 Å². The van der Waals surface area contributed by atoms with Gasteiger partial charge in [0.25, 0.3) is 0 Å². The second-order valence-corrected chi connectivity index (χ2v) is 2.93. The molecule has 1 aromatic heterocycles. The van der Waals surface area contributed by atoms with E-state index < -0.39 is 0 Å². The lowest BCUT2D eigenvalue weighted by molar-refractivity contribution is 0.399. The normalized spacial score (nSPS) is 9.79. The molecule has 0 aliphatic heterocycles. The monoisotopic (exact) mass is 185 g/mol. The molecule has 2 heteroatoms. The van der Waals surface area contributed by atoms with E-state index >= 15 is 0 Å². The van der Waals surface area contributed by atoms with Crippen LogP contribution in [0.5, 0.6) is 5.88 Å². The molecule has 14 heavy (non-hydrogen) atoms. The minimum atomic E-state index is 0.665. The Kier molecular flexibility index (Phi) is 2.45. The molecule has 0 amide bonds. The lowest BCUT2D eigenvalue weighted by Crippen LogP contribution is -1.90. The van der Waals surface area contributed by atoms with Gasteiger partial charge < -0.3 is 4.74 Å². The first kappa shape index (κ1) is 8.75. The fourth-order valence-corrected chi connectivity index (χ4v) is 1.39. The van der Waals surface area contributed by atoms with Crippen molar-refractivity contribution >= 4 is 0 Å². The number of pyridine rings is 1. The summed E-state index contributed by atoms with van der Waals surface area (Å²) in [6.45, 7) is 0. The van der Waals surface area contributed by atoms with E-state index in [2.05, 4.69) is 4.98 Å². The Bertz CT molecular complexity index is 412. The van der Waals surface area contributed by atoms with Crippen molar-refractivity contribution in [3.05, 3.63) is 48.7 Å². The Morgan fingerprint density at radius 2 is 1.79 bits per heavy atom. The average Bonchev–Trinajstić information content (AvgIpc) is 2.30. The summed E-state index contributed by atoms with van der Waals surface area (Å²) in [5.74, 6) is 0.665. The zero-order valence-corrected chi connectivity index (χ0v) is 7.97. The summed E-state index contributed by atoms with van der Waals surface area (Å²) in [5.41, 5.74) is 2.15. The molecule has 0 aliphatic rings. The first-order valence-electron chi connectivity index (χ1n) is 4.46. The van der Waals surface area contributed by atoms with Crippen molar-refractivity contribution in [3.8, 4) is 17.0 Å². The molecule has 0 saturated carbocycles. The Hall–Kier alpha value is -1.83. The molecule has 0 bridgehead atoms. The second-order valence-electron chi connectivity index (χ2n) is 2.93. The van der Waals surface area contributed by atoms with Crippen molar-refractivity contribution in [1.29, 1.82) is 0 Å². The van der Waals surface area contributed by atoms with Gasteiger partial charge in [-0.1, -0.05) is 30.3 Å². The van der Waals surface area contributed by atoms with E-state index in [1.807, 2.05) is 42.5 Å². The summed E-state index contributed by atoms with van der Waals surface area (Å²) in [5, 5.41) is 0. The Morgan fingerprint density at radius 3 is 2.50 bits per heavy atom. The zero-order chi connectivity index (χ0) is 9.80. The third-order valence-electron chi connectivity index (χ3n) is 2.05. The smallest absolute Gasteiger partial charge is 0.221 e. The quantitative estimate of drug-likeness (QED) is 0.717. The van der Waals surface area contributed by atoms with Crippen LogP contribution in [0.25, 0.3) is 11.1 Å². The molecule has 0 fully saturated rings. The maximum atomic E-state index is 5.19. The van der Waals surface area contributed by atoms with Gasteiger partial charge in [-0.15, -0.1) is 0 Å². The first-order chi connectivity index (χ1) is 6.92. The van der Waals surface area contributed by atoms with Crippen LogP contribution in [-0.4, -0.2) is 12.1 Å². The lowest BCUT2D eigenvalue weighted by atomic mass is 10.1. The predicted octanol–water partition coefficient (Wildman–Crippen LogP) is 2.76. The summed E-state index contributed by atoms with van der Waals surface area (Å²) in [4.78, 5) is 4.15. The van der Waals surface area contributed by atoms with Crippen molar-refractivity contribution in [1.82, 2.24) is 4.98 Å². The van der Waals surface area contributed by atoms with Gasteiger partial charge in [0.2, 0.25) is 5.88 Å². The molecule has 1 aromatic carbocycles. The molecule has 0 spiro atoms. The van der Waals surface area contributed by atoms with Crippen LogP contribution in [0.15, 0.2) is 48.7 Å². The van der Waals surface area contributed by atoms with Crippen LogP contribution < -0.4 is 4.74 Å². The van der Waals surface area contributed by atoms with E-state index in [-0.39, 0.29) is 0 Å². The number of methoxy groups -OCH3 is 1. The Labute approximate surface area is 83.2 Å². The number of rotatable bonds is 2. The molecule has 0 unspecified atom stereocenters. The van der Waals surface area contributed by atoms with Gasteiger partial charge in [0.15, 0.2) is 0 Å². The van der Waals surface area contributed by atoms with Crippen molar-refractivity contribution in [2.75, 3.05) is 7.11 Å². The summed E-state index contributed by atoms with van der Waals surface area (Å²) in [6, 6.07) is 14.0. The first-order valence-corrected chi connectivity index (χ1v) is 4.46. The third-order valence-corrected chi connectivity index (χ3v) is 2.05. The van der Waals surface area contributed by atoms with Crippen LogP contribution in [0.2, 0.25) is 0 Å². The topological polar surface area (TPSA) is 22.1 Å². The highest BCUT2D eigenvalue weighted by Gasteiger charge is 2.04. The van der Waals surface area contributed by atoms with Gasteiger partial charge >= 0.3 is 0 Å². The van der Waals surface area contributed by atoms with Crippen LogP contribution in [-0.2, 0) is 0 Å². The molecular formula is C12H11NO. The largest absolute Gasteiger partial charge is 0.481 e. The number of hydrogen-bond acceptors (Lipinski definition) is 2. The van der Waals surface area contributed by atoms with E-state index in [0.29, 0.717) is 5.88 Å². The minimum absolute atomic E-state index is 0.665. The van der Waals surface area contributed by atoms with Crippen LogP contribution in [0.3, 0.4) is 0 Å². The van der Waals surface area contributed by atoms with Gasteiger partial charge in [-0.2, -0.15) is 0 Å². The van der Waals surface area contributed by atoms with Crippen LogP contribution >= 0.6 is 0 Å². The summed E-state index contributed by atoms with van der Waals surface area (Å²) < 4.78 is 5.19. The van der Waals surface area contributed by atoms with Crippen molar-refractivity contribution in [2.24, 2.45) is 0 Å². The van der Waals surface area contributed by atoms with Gasteiger partial charge in [-0.05, 0) is 17.7 Å². The SMILES string of the molecule is COc1ncccc1-c1ccccc1. The lowest BCUT2D eigenvalue weighted by Gasteiger charge is -2.05. The molecule has 0 aliphatic carbocycles. The highest BCUT2D eigenvalue weighted by Crippen LogP contribution is 2.26. The van der Waals surface area contributed by atoms with Gasteiger partial charge in [0.1, 0.15) is 0 Å². The molecule has 0 radical (unpaired) electrons. The van der Waals surface area contributed by atoms with Crippen LogP contribution in [0.1, 0.15) is 0 Å². The molecule has 2 aromatic rings. The maximum Gasteiger partial charge on any atom is 0.221 e. The van der Waals surface area contributed by atoms with E-state index in [1.54, 1.807) is 13.3 Å². The summed E-state index contributed by atoms with van der Waals surface area (Å²) in [7, 11) is 1.63. The van der Waals surface area contributed by atoms with Crippen LogP contribution in [0.4, 0.5) is 0 Å². The average molecular weight is 185 g/mol. The van der Waals surface area contributed by atoms with Gasteiger partial charge in [0, 0.05) is 11.8 Å². The zero-order valence-electron chi connectivity index (χ0n) is 7.97. The number of hydrogen-bond donors (Lipinski definition) is 0. The fourth-order valence-electron chi connectivity index (χ4n) is 1.39. The summed E-state index contributed by atoms with van der Waals surface area (Å²) in [6.07, 6.45) is 1.73. The van der Waals surface area contributed by atoms with Crippen molar-refractivity contribution in [3.63, 3.8) is 0 Å². The number of benzene rings is 1. The number of ether oxygens (including phenoxy) is 1. The summed E-state index contributed by atoms with van der Waals surface area (Å²) >= 11 is 0. The van der Waals surface area contributed by atoms with Gasteiger partial charge in [-0.3, -0.25) is 0 Å². The fraction of sp³-hybridized carbons (Fsp3) is 0.0833. The van der Waals surface area contributed by atoms with E-state index in [0.717, 1.165) is 11.1 Å². The molecule has 0 saturated heterocycles. The molecule has 1 heterocycles. The molecule has 2 nitrogen and oxygen atoms in total. The molecule has 0 atom stereocenters. The maximum absolute atomic E-state index is 5.19. The number of nitrogens with zero attached hydrogens (tertiary/aromatic N) is 1. The van der Waals surface area contributed by atoms with Gasteiger partial charge in [0.05, 0.1) is 7.11 Å². The van der Waals surface area contributed by atoms with Crippen molar-refractivity contribution < 1.29 is 4.74 Å². The molecule has 0 N–H and O–H groups in total.